The third-order valence-corrected chi connectivity index (χ3v) is 3.53. The lowest BCUT2D eigenvalue weighted by Crippen LogP contribution is -2.38. The van der Waals surface area contributed by atoms with Crippen molar-refractivity contribution in [1.82, 2.24) is 5.32 Å². The Balaban J connectivity index is 2.13. The highest BCUT2D eigenvalue weighted by molar-refractivity contribution is 5.24. The highest BCUT2D eigenvalue weighted by Crippen LogP contribution is 2.34. The molecule has 0 spiro atoms. The summed E-state index contributed by atoms with van der Waals surface area (Å²) in [7, 11) is 0. The maximum atomic E-state index is 14.6. The van der Waals surface area contributed by atoms with Crippen LogP contribution in [-0.2, 0) is 5.67 Å². The Bertz CT molecular complexity index is 412. The quantitative estimate of drug-likeness (QED) is 0.871. The van der Waals surface area contributed by atoms with Crippen LogP contribution >= 0.6 is 0 Å². The third-order valence-electron chi connectivity index (χ3n) is 3.53. The van der Waals surface area contributed by atoms with E-state index in [1.807, 2.05) is 0 Å². The first-order chi connectivity index (χ1) is 8.49. The fraction of sp³-hybridized carbons (Fsp3) is 0.571. The molecule has 1 saturated heterocycles. The van der Waals surface area contributed by atoms with Gasteiger partial charge in [-0.25, -0.2) is 13.2 Å². The fourth-order valence-electron chi connectivity index (χ4n) is 2.58. The van der Waals surface area contributed by atoms with Crippen LogP contribution in [0.15, 0.2) is 18.2 Å². The van der Waals surface area contributed by atoms with E-state index in [9.17, 15) is 13.2 Å². The number of alkyl halides is 1. The number of hydrogen-bond donors (Lipinski definition) is 1. The molecule has 0 saturated carbocycles. The molecule has 100 valence electrons. The first-order valence-electron chi connectivity index (χ1n) is 6.37. The van der Waals surface area contributed by atoms with Crippen molar-refractivity contribution in [2.75, 3.05) is 6.54 Å². The number of piperidine rings is 1. The standard InChI is InChI=1S/C14H18F3N/c1-14(17,9-11-4-2-3-7-18-11)12-6-5-10(15)8-13(12)16/h5-6,8,11,18H,2-4,7,9H2,1H3. The zero-order valence-electron chi connectivity index (χ0n) is 10.5. The van der Waals surface area contributed by atoms with E-state index >= 15 is 0 Å². The van der Waals surface area contributed by atoms with Crippen molar-refractivity contribution in [2.24, 2.45) is 0 Å². The largest absolute Gasteiger partial charge is 0.314 e. The number of benzene rings is 1. The number of halogens is 3. The summed E-state index contributed by atoms with van der Waals surface area (Å²) in [6, 6.07) is 3.11. The average molecular weight is 257 g/mol. The van der Waals surface area contributed by atoms with Crippen LogP contribution in [0, 0.1) is 11.6 Å². The SMILES string of the molecule is CC(F)(CC1CCCCN1)c1ccc(F)cc1F. The van der Waals surface area contributed by atoms with E-state index in [2.05, 4.69) is 5.32 Å². The van der Waals surface area contributed by atoms with Gasteiger partial charge < -0.3 is 5.32 Å². The maximum absolute atomic E-state index is 14.6. The van der Waals surface area contributed by atoms with Crippen LogP contribution in [0.3, 0.4) is 0 Å². The van der Waals surface area contributed by atoms with Crippen LogP contribution in [0.2, 0.25) is 0 Å². The second-order valence-electron chi connectivity index (χ2n) is 5.17. The molecule has 0 aromatic heterocycles. The first kappa shape index (κ1) is 13.4. The molecule has 0 aliphatic carbocycles. The Hall–Kier alpha value is -1.03. The zero-order valence-corrected chi connectivity index (χ0v) is 10.5. The fourth-order valence-corrected chi connectivity index (χ4v) is 2.58. The smallest absolute Gasteiger partial charge is 0.137 e. The van der Waals surface area contributed by atoms with Crippen LogP contribution in [-0.4, -0.2) is 12.6 Å². The van der Waals surface area contributed by atoms with E-state index in [0.717, 1.165) is 37.9 Å². The predicted octanol–water partition coefficient (Wildman–Crippen LogP) is 3.68. The molecule has 1 heterocycles. The summed E-state index contributed by atoms with van der Waals surface area (Å²) in [4.78, 5) is 0. The van der Waals surface area contributed by atoms with Crippen molar-refractivity contribution < 1.29 is 13.2 Å². The van der Waals surface area contributed by atoms with Gasteiger partial charge in [-0.1, -0.05) is 6.42 Å². The van der Waals surface area contributed by atoms with Gasteiger partial charge in [0.2, 0.25) is 0 Å². The van der Waals surface area contributed by atoms with E-state index in [1.54, 1.807) is 0 Å². The normalized spacial score (nSPS) is 23.7. The molecule has 0 amide bonds. The van der Waals surface area contributed by atoms with Gasteiger partial charge in [-0.3, -0.25) is 0 Å². The molecule has 1 N–H and O–H groups in total. The number of nitrogens with one attached hydrogen (secondary N) is 1. The average Bonchev–Trinajstić information content (AvgIpc) is 2.29. The van der Waals surface area contributed by atoms with E-state index in [1.165, 1.54) is 13.0 Å². The molecule has 1 aromatic rings. The second-order valence-corrected chi connectivity index (χ2v) is 5.17. The van der Waals surface area contributed by atoms with E-state index in [0.29, 0.717) is 0 Å². The lowest BCUT2D eigenvalue weighted by Gasteiger charge is -2.30. The Labute approximate surface area is 105 Å². The van der Waals surface area contributed by atoms with Gasteiger partial charge in [0.15, 0.2) is 0 Å². The van der Waals surface area contributed by atoms with Crippen LogP contribution < -0.4 is 5.32 Å². The number of hydrogen-bond acceptors (Lipinski definition) is 1. The van der Waals surface area contributed by atoms with Crippen molar-refractivity contribution in [3.8, 4) is 0 Å². The van der Waals surface area contributed by atoms with Crippen molar-refractivity contribution in [2.45, 2.75) is 44.3 Å². The minimum Gasteiger partial charge on any atom is -0.314 e. The third kappa shape index (κ3) is 3.05. The lowest BCUT2D eigenvalue weighted by molar-refractivity contribution is 0.141. The van der Waals surface area contributed by atoms with Crippen LogP contribution in [0.25, 0.3) is 0 Å². The predicted molar refractivity (Wildman–Crippen MR) is 65.1 cm³/mol. The van der Waals surface area contributed by atoms with Crippen molar-refractivity contribution in [1.29, 1.82) is 0 Å². The van der Waals surface area contributed by atoms with Gasteiger partial charge in [0.1, 0.15) is 17.3 Å². The molecule has 2 atom stereocenters. The monoisotopic (exact) mass is 257 g/mol. The minimum atomic E-state index is -1.77. The van der Waals surface area contributed by atoms with Gasteiger partial charge in [-0.2, -0.15) is 0 Å². The molecular weight excluding hydrogens is 239 g/mol. The summed E-state index contributed by atoms with van der Waals surface area (Å²) in [5.41, 5.74) is -1.83. The highest BCUT2D eigenvalue weighted by atomic mass is 19.2. The zero-order chi connectivity index (χ0) is 13.2. The van der Waals surface area contributed by atoms with E-state index in [-0.39, 0.29) is 18.0 Å². The molecule has 2 rings (SSSR count). The summed E-state index contributed by atoms with van der Waals surface area (Å²) < 4.78 is 41.0. The van der Waals surface area contributed by atoms with Crippen molar-refractivity contribution in [3.05, 3.63) is 35.4 Å². The Morgan fingerprint density at radius 2 is 2.11 bits per heavy atom. The summed E-state index contributed by atoms with van der Waals surface area (Å²) in [6.45, 7) is 2.24. The Kier molecular flexibility index (Phi) is 3.95. The van der Waals surface area contributed by atoms with E-state index in [4.69, 9.17) is 0 Å². The molecule has 2 unspecified atom stereocenters. The summed E-state index contributed by atoms with van der Waals surface area (Å²) in [6.07, 6.45) is 3.29. The molecule has 1 aliphatic rings. The van der Waals surface area contributed by atoms with Gasteiger partial charge in [0, 0.05) is 24.1 Å². The van der Waals surface area contributed by atoms with Gasteiger partial charge in [0.05, 0.1) is 0 Å². The molecular formula is C14H18F3N. The molecule has 0 radical (unpaired) electrons. The van der Waals surface area contributed by atoms with Crippen molar-refractivity contribution in [3.63, 3.8) is 0 Å². The summed E-state index contributed by atoms with van der Waals surface area (Å²) in [5.74, 6) is -1.49. The summed E-state index contributed by atoms with van der Waals surface area (Å²) in [5, 5.41) is 3.24. The molecule has 1 fully saturated rings. The topological polar surface area (TPSA) is 12.0 Å². The van der Waals surface area contributed by atoms with Gasteiger partial charge in [-0.15, -0.1) is 0 Å². The second kappa shape index (κ2) is 5.31. The highest BCUT2D eigenvalue weighted by Gasteiger charge is 2.32. The van der Waals surface area contributed by atoms with Gasteiger partial charge in [0.25, 0.3) is 0 Å². The molecule has 0 bridgehead atoms. The number of rotatable bonds is 3. The Morgan fingerprint density at radius 1 is 1.33 bits per heavy atom. The molecule has 1 aromatic carbocycles. The van der Waals surface area contributed by atoms with Gasteiger partial charge >= 0.3 is 0 Å². The Morgan fingerprint density at radius 3 is 2.72 bits per heavy atom. The van der Waals surface area contributed by atoms with Crippen molar-refractivity contribution >= 4 is 0 Å². The molecule has 1 nitrogen and oxygen atoms in total. The first-order valence-corrected chi connectivity index (χ1v) is 6.37. The molecule has 4 heteroatoms. The van der Waals surface area contributed by atoms with Gasteiger partial charge in [-0.05, 0) is 38.4 Å². The molecule has 1 aliphatic heterocycles. The van der Waals surface area contributed by atoms with Crippen LogP contribution in [0.1, 0.15) is 38.2 Å². The lowest BCUT2D eigenvalue weighted by atomic mass is 9.87. The maximum Gasteiger partial charge on any atom is 0.137 e. The van der Waals surface area contributed by atoms with Crippen LogP contribution in [0.5, 0.6) is 0 Å². The van der Waals surface area contributed by atoms with E-state index < -0.39 is 17.3 Å². The molecule has 18 heavy (non-hydrogen) atoms. The minimum absolute atomic E-state index is 0.0590. The summed E-state index contributed by atoms with van der Waals surface area (Å²) >= 11 is 0. The van der Waals surface area contributed by atoms with Crippen LogP contribution in [0.4, 0.5) is 13.2 Å².